The van der Waals surface area contributed by atoms with E-state index in [1.165, 1.54) is 6.33 Å². The minimum Gasteiger partial charge on any atom is -0.508 e. The van der Waals surface area contributed by atoms with Gasteiger partial charge in [0.15, 0.2) is 11.5 Å². The van der Waals surface area contributed by atoms with Gasteiger partial charge in [-0.15, -0.1) is 0 Å². The maximum atomic E-state index is 9.35. The van der Waals surface area contributed by atoms with Gasteiger partial charge in [-0.25, -0.2) is 19.9 Å². The zero-order chi connectivity index (χ0) is 18.6. The largest absolute Gasteiger partial charge is 0.508 e. The molecule has 1 aromatic carbocycles. The molecule has 0 atom stereocenters. The molecule has 27 heavy (non-hydrogen) atoms. The van der Waals surface area contributed by atoms with Crippen LogP contribution in [0.25, 0.3) is 22.6 Å². The van der Waals surface area contributed by atoms with Crippen LogP contribution in [0.2, 0.25) is 0 Å². The Kier molecular flexibility index (Phi) is 4.52. The summed E-state index contributed by atoms with van der Waals surface area (Å²) in [7, 11) is 1.58. The normalized spacial score (nSPS) is 10.9. The first-order valence-corrected chi connectivity index (χ1v) is 8.46. The molecule has 3 aromatic heterocycles. The highest BCUT2D eigenvalue weighted by Gasteiger charge is 2.11. The van der Waals surface area contributed by atoms with Gasteiger partial charge in [-0.05, 0) is 30.2 Å². The van der Waals surface area contributed by atoms with E-state index in [4.69, 9.17) is 4.74 Å². The minimum absolute atomic E-state index is 0.266. The van der Waals surface area contributed by atoms with Gasteiger partial charge < -0.3 is 20.1 Å². The van der Waals surface area contributed by atoms with Crippen LogP contribution in [-0.4, -0.2) is 43.7 Å². The second-order valence-electron chi connectivity index (χ2n) is 5.94. The molecule has 0 radical (unpaired) electrons. The number of aromatic hydroxyl groups is 1. The summed E-state index contributed by atoms with van der Waals surface area (Å²) < 4.78 is 5.08. The van der Waals surface area contributed by atoms with E-state index < -0.39 is 0 Å². The van der Waals surface area contributed by atoms with Gasteiger partial charge in [-0.1, -0.05) is 12.1 Å². The number of anilines is 1. The molecule has 0 bridgehead atoms. The predicted octanol–water partition coefficient (Wildman–Crippen LogP) is 2.78. The number of hydrogen-bond donors (Lipinski definition) is 3. The van der Waals surface area contributed by atoms with Gasteiger partial charge in [0.05, 0.1) is 7.11 Å². The van der Waals surface area contributed by atoms with Gasteiger partial charge in [0, 0.05) is 24.4 Å². The molecule has 3 N–H and O–H groups in total. The molecule has 3 heterocycles. The number of hydrogen-bond acceptors (Lipinski definition) is 7. The van der Waals surface area contributed by atoms with Gasteiger partial charge in [0.2, 0.25) is 5.88 Å². The van der Waals surface area contributed by atoms with E-state index in [9.17, 15) is 5.11 Å². The number of rotatable bonds is 6. The molecule has 0 unspecified atom stereocenters. The van der Waals surface area contributed by atoms with Gasteiger partial charge in [-0.2, -0.15) is 0 Å². The van der Waals surface area contributed by atoms with Crippen molar-refractivity contribution in [3.05, 3.63) is 54.5 Å². The number of ether oxygens (including phenoxy) is 1. The molecule has 4 aromatic rings. The van der Waals surface area contributed by atoms with Crippen LogP contribution >= 0.6 is 0 Å². The Labute approximate surface area is 155 Å². The highest BCUT2D eigenvalue weighted by atomic mass is 16.5. The van der Waals surface area contributed by atoms with Crippen LogP contribution in [0.4, 0.5) is 5.82 Å². The molecule has 8 nitrogen and oxygen atoms in total. The third-order valence-corrected chi connectivity index (χ3v) is 4.15. The number of imidazole rings is 1. The number of benzene rings is 1. The summed E-state index contributed by atoms with van der Waals surface area (Å²) in [6.07, 6.45) is 3.99. The molecule has 0 fully saturated rings. The fourth-order valence-electron chi connectivity index (χ4n) is 2.73. The number of aromatic nitrogens is 5. The van der Waals surface area contributed by atoms with Crippen molar-refractivity contribution in [3.8, 4) is 23.0 Å². The summed E-state index contributed by atoms with van der Waals surface area (Å²) in [4.78, 5) is 20.5. The Bertz CT molecular complexity index is 1040. The topological polar surface area (TPSA) is 109 Å². The second kappa shape index (κ2) is 7.28. The summed E-state index contributed by atoms with van der Waals surface area (Å²) in [5, 5.41) is 12.7. The van der Waals surface area contributed by atoms with Crippen molar-refractivity contribution in [2.24, 2.45) is 0 Å². The van der Waals surface area contributed by atoms with E-state index in [-0.39, 0.29) is 5.75 Å². The minimum atomic E-state index is 0.266. The first-order valence-electron chi connectivity index (χ1n) is 8.46. The van der Waals surface area contributed by atoms with Crippen LogP contribution in [0.5, 0.6) is 11.6 Å². The Morgan fingerprint density at radius 2 is 1.93 bits per heavy atom. The number of pyridine rings is 1. The second-order valence-corrected chi connectivity index (χ2v) is 5.94. The van der Waals surface area contributed by atoms with Crippen LogP contribution in [0.1, 0.15) is 5.56 Å². The molecular formula is C19H18N6O2. The van der Waals surface area contributed by atoms with Gasteiger partial charge in [-0.3, -0.25) is 0 Å². The van der Waals surface area contributed by atoms with Crippen molar-refractivity contribution in [2.75, 3.05) is 19.0 Å². The van der Waals surface area contributed by atoms with E-state index in [0.29, 0.717) is 29.7 Å². The van der Waals surface area contributed by atoms with Gasteiger partial charge >= 0.3 is 0 Å². The number of aromatic amines is 1. The fourth-order valence-corrected chi connectivity index (χ4v) is 2.73. The summed E-state index contributed by atoms with van der Waals surface area (Å²) in [5.41, 5.74) is 3.29. The first-order chi connectivity index (χ1) is 13.2. The van der Waals surface area contributed by atoms with Crippen molar-refractivity contribution in [3.63, 3.8) is 0 Å². The Morgan fingerprint density at radius 3 is 2.67 bits per heavy atom. The number of methoxy groups -OCH3 is 1. The van der Waals surface area contributed by atoms with E-state index >= 15 is 0 Å². The zero-order valence-electron chi connectivity index (χ0n) is 14.7. The van der Waals surface area contributed by atoms with Crippen molar-refractivity contribution in [1.82, 2.24) is 24.9 Å². The van der Waals surface area contributed by atoms with E-state index in [0.717, 1.165) is 23.1 Å². The van der Waals surface area contributed by atoms with Crippen molar-refractivity contribution >= 4 is 17.0 Å². The maximum absolute atomic E-state index is 9.35. The highest BCUT2D eigenvalue weighted by Crippen LogP contribution is 2.23. The summed E-state index contributed by atoms with van der Waals surface area (Å²) in [6, 6.07) is 10.8. The first kappa shape index (κ1) is 16.8. The number of fused-ring (bicyclic) bond motifs is 1. The Morgan fingerprint density at radius 1 is 1.07 bits per heavy atom. The molecule has 0 saturated heterocycles. The number of phenolic OH excluding ortho intramolecular Hbond substituents is 1. The molecule has 0 spiro atoms. The van der Waals surface area contributed by atoms with E-state index in [1.807, 2.05) is 18.2 Å². The lowest BCUT2D eigenvalue weighted by molar-refractivity contribution is 0.398. The van der Waals surface area contributed by atoms with Crippen LogP contribution in [-0.2, 0) is 6.42 Å². The summed E-state index contributed by atoms with van der Waals surface area (Å²) in [5.74, 6) is 2.18. The SMILES string of the molecule is COc1ccc(-c2nc3ncnc(NCCc4ccc(O)cc4)c3[nH]2)cn1. The third-order valence-electron chi connectivity index (χ3n) is 4.15. The highest BCUT2D eigenvalue weighted by molar-refractivity contribution is 5.85. The average molecular weight is 362 g/mol. The van der Waals surface area contributed by atoms with Gasteiger partial charge in [0.1, 0.15) is 23.4 Å². The van der Waals surface area contributed by atoms with Crippen LogP contribution in [0.15, 0.2) is 48.9 Å². The lowest BCUT2D eigenvalue weighted by Gasteiger charge is -2.06. The van der Waals surface area contributed by atoms with Crippen LogP contribution in [0, 0.1) is 0 Å². The number of phenols is 1. The van der Waals surface area contributed by atoms with Crippen molar-refractivity contribution < 1.29 is 9.84 Å². The monoisotopic (exact) mass is 362 g/mol. The molecule has 0 aliphatic rings. The zero-order valence-corrected chi connectivity index (χ0v) is 14.7. The Balaban J connectivity index is 1.52. The van der Waals surface area contributed by atoms with E-state index in [2.05, 4.69) is 30.2 Å². The molecule has 8 heteroatoms. The third kappa shape index (κ3) is 3.64. The van der Waals surface area contributed by atoms with Crippen molar-refractivity contribution in [1.29, 1.82) is 0 Å². The summed E-state index contributed by atoms with van der Waals surface area (Å²) in [6.45, 7) is 0.690. The van der Waals surface area contributed by atoms with Crippen LogP contribution in [0.3, 0.4) is 0 Å². The number of nitrogens with one attached hydrogen (secondary N) is 2. The van der Waals surface area contributed by atoms with Crippen LogP contribution < -0.4 is 10.1 Å². The Hall–Kier alpha value is -3.68. The molecular weight excluding hydrogens is 344 g/mol. The van der Waals surface area contributed by atoms with Gasteiger partial charge in [0.25, 0.3) is 0 Å². The predicted molar refractivity (Wildman–Crippen MR) is 102 cm³/mol. The molecule has 0 aliphatic carbocycles. The molecule has 0 aliphatic heterocycles. The smallest absolute Gasteiger partial charge is 0.212 e. The maximum Gasteiger partial charge on any atom is 0.212 e. The lowest BCUT2D eigenvalue weighted by atomic mass is 10.1. The molecule has 0 saturated carbocycles. The fraction of sp³-hybridized carbons (Fsp3) is 0.158. The molecule has 0 amide bonds. The van der Waals surface area contributed by atoms with E-state index in [1.54, 1.807) is 31.5 Å². The molecule has 4 rings (SSSR count). The number of H-pyrrole nitrogens is 1. The standard InChI is InChI=1S/C19H18N6O2/c1-27-15-7-4-13(10-21-15)17-24-16-18(22-11-23-19(16)25-17)20-9-8-12-2-5-14(26)6-3-12/h2-7,10-11,26H,8-9H2,1H3,(H2,20,22,23,24,25). The lowest BCUT2D eigenvalue weighted by Crippen LogP contribution is -2.07. The van der Waals surface area contributed by atoms with Crippen molar-refractivity contribution in [2.45, 2.75) is 6.42 Å². The molecule has 136 valence electrons. The quantitative estimate of drug-likeness (QED) is 0.484. The number of nitrogens with zero attached hydrogens (tertiary/aromatic N) is 4. The summed E-state index contributed by atoms with van der Waals surface area (Å²) >= 11 is 0. The average Bonchev–Trinajstić information content (AvgIpc) is 3.15.